The largest absolute Gasteiger partial charge is 0.495 e. The zero-order chi connectivity index (χ0) is 14.7. The van der Waals surface area contributed by atoms with Gasteiger partial charge in [0.25, 0.3) is 0 Å². The molecule has 1 aromatic carbocycles. The number of anilines is 2. The number of hydrogen-bond donors (Lipinski definition) is 1. The Morgan fingerprint density at radius 1 is 1.15 bits per heavy atom. The van der Waals surface area contributed by atoms with Crippen molar-refractivity contribution < 1.29 is 9.47 Å². The molecule has 0 bridgehead atoms. The van der Waals surface area contributed by atoms with E-state index in [1.807, 2.05) is 0 Å². The molecule has 1 N–H and O–H groups in total. The van der Waals surface area contributed by atoms with Crippen molar-refractivity contribution in [1.29, 1.82) is 0 Å². The Morgan fingerprint density at radius 3 is 2.50 bits per heavy atom. The van der Waals surface area contributed by atoms with Crippen LogP contribution in [0.2, 0.25) is 10.3 Å². The fourth-order valence-corrected chi connectivity index (χ4v) is 2.17. The molecule has 0 aliphatic heterocycles. The summed E-state index contributed by atoms with van der Waals surface area (Å²) in [6.45, 7) is 0. The summed E-state index contributed by atoms with van der Waals surface area (Å²) in [6.07, 6.45) is 1.55. The Hall–Kier alpha value is -1.24. The standard InChI is InChI=1S/C12H10BrCl2N3O2/c1-19-9-4-8(10(20-2)3-7(9)14)17-11-6(13)5-16-12(15)18-11/h3-5H,1-2H3,(H,16,17,18). The van der Waals surface area contributed by atoms with Crippen LogP contribution in [0.15, 0.2) is 22.8 Å². The SMILES string of the molecule is COc1cc(Nc2nc(Cl)ncc2Br)c(OC)cc1Cl. The Balaban J connectivity index is 2.44. The number of benzene rings is 1. The van der Waals surface area contributed by atoms with Gasteiger partial charge in [0.2, 0.25) is 5.28 Å². The molecule has 106 valence electrons. The van der Waals surface area contributed by atoms with Crippen LogP contribution < -0.4 is 14.8 Å². The maximum absolute atomic E-state index is 6.05. The Bertz CT molecular complexity index is 640. The van der Waals surface area contributed by atoms with E-state index in [2.05, 4.69) is 31.2 Å². The van der Waals surface area contributed by atoms with E-state index in [1.165, 1.54) is 7.11 Å². The van der Waals surface area contributed by atoms with Gasteiger partial charge in [0.1, 0.15) is 17.3 Å². The van der Waals surface area contributed by atoms with E-state index in [0.29, 0.717) is 32.5 Å². The lowest BCUT2D eigenvalue weighted by molar-refractivity contribution is 0.405. The second-order valence-electron chi connectivity index (χ2n) is 3.65. The predicted molar refractivity (Wildman–Crippen MR) is 82.6 cm³/mol. The number of hydrogen-bond acceptors (Lipinski definition) is 5. The van der Waals surface area contributed by atoms with Crippen molar-refractivity contribution in [2.75, 3.05) is 19.5 Å². The smallest absolute Gasteiger partial charge is 0.224 e. The minimum absolute atomic E-state index is 0.135. The maximum atomic E-state index is 6.05. The summed E-state index contributed by atoms with van der Waals surface area (Å²) >= 11 is 15.2. The summed E-state index contributed by atoms with van der Waals surface area (Å²) in [6, 6.07) is 3.36. The van der Waals surface area contributed by atoms with Crippen molar-refractivity contribution in [2.24, 2.45) is 0 Å². The van der Waals surface area contributed by atoms with Crippen molar-refractivity contribution in [3.63, 3.8) is 0 Å². The topological polar surface area (TPSA) is 56.3 Å². The van der Waals surface area contributed by atoms with Gasteiger partial charge in [-0.1, -0.05) is 11.6 Å². The first-order valence-electron chi connectivity index (χ1n) is 5.41. The van der Waals surface area contributed by atoms with Crippen LogP contribution in [0.5, 0.6) is 11.5 Å². The first-order valence-corrected chi connectivity index (χ1v) is 6.96. The lowest BCUT2D eigenvalue weighted by Crippen LogP contribution is -2.00. The van der Waals surface area contributed by atoms with Crippen molar-refractivity contribution >= 4 is 50.6 Å². The third-order valence-corrected chi connectivity index (χ3v) is 3.50. The molecule has 0 spiro atoms. The lowest BCUT2D eigenvalue weighted by Gasteiger charge is -2.14. The fraction of sp³-hybridized carbons (Fsp3) is 0.167. The van der Waals surface area contributed by atoms with Crippen molar-refractivity contribution in [3.8, 4) is 11.5 Å². The summed E-state index contributed by atoms with van der Waals surface area (Å²) in [4.78, 5) is 7.95. The summed E-state index contributed by atoms with van der Waals surface area (Å²) in [5.41, 5.74) is 0.643. The number of halogens is 3. The number of ether oxygens (including phenoxy) is 2. The number of nitrogens with zero attached hydrogens (tertiary/aromatic N) is 2. The molecule has 0 amide bonds. The van der Waals surface area contributed by atoms with E-state index in [1.54, 1.807) is 25.4 Å². The van der Waals surface area contributed by atoms with Crippen molar-refractivity contribution in [2.45, 2.75) is 0 Å². The van der Waals surface area contributed by atoms with Gasteiger partial charge in [0.15, 0.2) is 0 Å². The molecule has 0 fully saturated rings. The molecule has 5 nitrogen and oxygen atoms in total. The second-order valence-corrected chi connectivity index (χ2v) is 5.25. The van der Waals surface area contributed by atoms with Gasteiger partial charge in [-0.3, -0.25) is 0 Å². The first kappa shape index (κ1) is 15.2. The Kier molecular flexibility index (Phi) is 4.91. The molecule has 0 saturated heterocycles. The predicted octanol–water partition coefficient (Wildman–Crippen LogP) is 4.31. The average molecular weight is 379 g/mol. The minimum atomic E-state index is 0.135. The van der Waals surface area contributed by atoms with E-state index in [0.717, 1.165) is 0 Å². The highest BCUT2D eigenvalue weighted by Gasteiger charge is 2.12. The van der Waals surface area contributed by atoms with Crippen LogP contribution in [-0.4, -0.2) is 24.2 Å². The van der Waals surface area contributed by atoms with Gasteiger partial charge in [-0.25, -0.2) is 4.98 Å². The van der Waals surface area contributed by atoms with E-state index in [-0.39, 0.29) is 5.28 Å². The minimum Gasteiger partial charge on any atom is -0.495 e. The molecule has 0 radical (unpaired) electrons. The molecular formula is C12H10BrCl2N3O2. The van der Waals surface area contributed by atoms with Gasteiger partial charge in [0.05, 0.1) is 29.4 Å². The van der Waals surface area contributed by atoms with Gasteiger partial charge in [0, 0.05) is 18.3 Å². The third-order valence-electron chi connectivity index (χ3n) is 2.44. The lowest BCUT2D eigenvalue weighted by atomic mass is 10.2. The van der Waals surface area contributed by atoms with Gasteiger partial charge < -0.3 is 14.8 Å². The monoisotopic (exact) mass is 377 g/mol. The number of nitrogens with one attached hydrogen (secondary N) is 1. The van der Waals surface area contributed by atoms with E-state index >= 15 is 0 Å². The quantitative estimate of drug-likeness (QED) is 0.803. The van der Waals surface area contributed by atoms with Crippen LogP contribution in [0.3, 0.4) is 0 Å². The van der Waals surface area contributed by atoms with Gasteiger partial charge >= 0.3 is 0 Å². The van der Waals surface area contributed by atoms with Gasteiger partial charge in [-0.15, -0.1) is 0 Å². The molecule has 8 heteroatoms. The molecule has 1 aromatic heterocycles. The first-order chi connectivity index (χ1) is 9.55. The normalized spacial score (nSPS) is 10.2. The summed E-state index contributed by atoms with van der Waals surface area (Å²) in [5.74, 6) is 1.58. The number of methoxy groups -OCH3 is 2. The zero-order valence-corrected chi connectivity index (χ0v) is 13.7. The molecule has 2 aromatic rings. The second kappa shape index (κ2) is 6.47. The average Bonchev–Trinajstić information content (AvgIpc) is 2.44. The molecular weight excluding hydrogens is 369 g/mol. The highest BCUT2D eigenvalue weighted by Crippen LogP contribution is 2.38. The van der Waals surface area contributed by atoms with Gasteiger partial charge in [-0.05, 0) is 27.5 Å². The van der Waals surface area contributed by atoms with Crippen LogP contribution in [0.4, 0.5) is 11.5 Å². The van der Waals surface area contributed by atoms with Crippen molar-refractivity contribution in [1.82, 2.24) is 9.97 Å². The molecule has 0 unspecified atom stereocenters. The van der Waals surface area contributed by atoms with Crippen LogP contribution in [0.25, 0.3) is 0 Å². The van der Waals surface area contributed by atoms with Crippen molar-refractivity contribution in [3.05, 3.63) is 33.1 Å². The molecule has 0 saturated carbocycles. The Morgan fingerprint density at radius 2 is 1.85 bits per heavy atom. The van der Waals surface area contributed by atoms with Gasteiger partial charge in [-0.2, -0.15) is 4.98 Å². The van der Waals surface area contributed by atoms with Crippen LogP contribution in [-0.2, 0) is 0 Å². The molecule has 0 aliphatic carbocycles. The zero-order valence-electron chi connectivity index (χ0n) is 10.6. The molecule has 0 atom stereocenters. The summed E-state index contributed by atoms with van der Waals surface area (Å²) < 4.78 is 11.1. The number of aromatic nitrogens is 2. The van der Waals surface area contributed by atoms with Crippen LogP contribution in [0.1, 0.15) is 0 Å². The molecule has 20 heavy (non-hydrogen) atoms. The summed E-state index contributed by atoms with van der Waals surface area (Å²) in [5, 5.41) is 3.68. The maximum Gasteiger partial charge on any atom is 0.224 e. The third kappa shape index (κ3) is 3.26. The van der Waals surface area contributed by atoms with E-state index in [4.69, 9.17) is 32.7 Å². The van der Waals surface area contributed by atoms with Crippen LogP contribution >= 0.6 is 39.1 Å². The summed E-state index contributed by atoms with van der Waals surface area (Å²) in [7, 11) is 3.08. The highest BCUT2D eigenvalue weighted by molar-refractivity contribution is 9.10. The molecule has 0 aliphatic rings. The number of rotatable bonds is 4. The fourth-order valence-electron chi connectivity index (χ4n) is 1.52. The molecule has 2 rings (SSSR count). The Labute approximate surface area is 134 Å². The van der Waals surface area contributed by atoms with E-state index < -0.39 is 0 Å². The highest BCUT2D eigenvalue weighted by atomic mass is 79.9. The molecule has 1 heterocycles. The van der Waals surface area contributed by atoms with E-state index in [9.17, 15) is 0 Å². The van der Waals surface area contributed by atoms with Crippen LogP contribution in [0, 0.1) is 0 Å².